The molecule has 0 amide bonds. The fraction of sp³-hybridized carbons (Fsp3) is 0.294. The number of hydrogen-bond donors (Lipinski definition) is 1. The van der Waals surface area contributed by atoms with Crippen molar-refractivity contribution >= 4 is 23.2 Å². The Balaban J connectivity index is 2.22. The molecule has 0 atom stereocenters. The van der Waals surface area contributed by atoms with Gasteiger partial charge in [0, 0.05) is 17.1 Å². The first-order valence-corrected chi connectivity index (χ1v) is 7.79. The van der Waals surface area contributed by atoms with Crippen LogP contribution < -0.4 is 10.1 Å². The van der Waals surface area contributed by atoms with Crippen molar-refractivity contribution in [1.29, 1.82) is 0 Å². The van der Waals surface area contributed by atoms with E-state index in [9.17, 15) is 0 Å². The van der Waals surface area contributed by atoms with E-state index in [1.807, 2.05) is 43.3 Å². The average molecular weight is 324 g/mol. The van der Waals surface area contributed by atoms with Crippen LogP contribution in [-0.4, -0.2) is 6.54 Å². The predicted molar refractivity (Wildman–Crippen MR) is 89.7 cm³/mol. The van der Waals surface area contributed by atoms with Gasteiger partial charge in [-0.15, -0.1) is 0 Å². The molecule has 0 heterocycles. The van der Waals surface area contributed by atoms with Crippen LogP contribution in [0.3, 0.4) is 0 Å². The van der Waals surface area contributed by atoms with Gasteiger partial charge in [-0.1, -0.05) is 36.2 Å². The molecule has 2 aromatic rings. The quantitative estimate of drug-likeness (QED) is 0.699. The highest BCUT2D eigenvalue weighted by molar-refractivity contribution is 6.32. The van der Waals surface area contributed by atoms with E-state index >= 15 is 0 Å². The zero-order chi connectivity index (χ0) is 15.2. The summed E-state index contributed by atoms with van der Waals surface area (Å²) in [4.78, 5) is 0. The molecule has 2 rings (SSSR count). The lowest BCUT2D eigenvalue weighted by atomic mass is 10.2. The van der Waals surface area contributed by atoms with Gasteiger partial charge < -0.3 is 10.1 Å². The van der Waals surface area contributed by atoms with Crippen LogP contribution in [0.1, 0.15) is 24.5 Å². The Morgan fingerprint density at radius 1 is 1.05 bits per heavy atom. The van der Waals surface area contributed by atoms with Crippen LogP contribution in [0, 0.1) is 6.92 Å². The number of benzene rings is 2. The summed E-state index contributed by atoms with van der Waals surface area (Å²) in [5, 5.41) is 4.67. The highest BCUT2D eigenvalue weighted by atomic mass is 35.5. The zero-order valence-electron chi connectivity index (χ0n) is 12.2. The SMILES string of the molecule is CCCNCc1cc(Cl)ccc1Oc1ccc(C)cc1Cl. The molecule has 2 nitrogen and oxygen atoms in total. The molecule has 0 spiro atoms. The summed E-state index contributed by atoms with van der Waals surface area (Å²) >= 11 is 12.3. The van der Waals surface area contributed by atoms with Gasteiger partial charge in [0.1, 0.15) is 11.5 Å². The van der Waals surface area contributed by atoms with E-state index in [4.69, 9.17) is 27.9 Å². The smallest absolute Gasteiger partial charge is 0.146 e. The Bertz CT molecular complexity index is 614. The van der Waals surface area contributed by atoms with E-state index in [1.165, 1.54) is 0 Å². The molecule has 0 fully saturated rings. The fourth-order valence-electron chi connectivity index (χ4n) is 1.99. The van der Waals surface area contributed by atoms with Crippen molar-refractivity contribution in [3.63, 3.8) is 0 Å². The molecule has 0 saturated heterocycles. The molecule has 0 unspecified atom stereocenters. The van der Waals surface area contributed by atoms with Crippen LogP contribution in [0.25, 0.3) is 0 Å². The standard InChI is InChI=1S/C17H19Cl2NO/c1-3-8-20-11-13-10-14(18)5-7-16(13)21-17-6-4-12(2)9-15(17)19/h4-7,9-10,20H,3,8,11H2,1-2H3. The highest BCUT2D eigenvalue weighted by Gasteiger charge is 2.08. The summed E-state index contributed by atoms with van der Waals surface area (Å²) in [6, 6.07) is 11.4. The van der Waals surface area contributed by atoms with E-state index in [2.05, 4.69) is 12.2 Å². The maximum Gasteiger partial charge on any atom is 0.146 e. The van der Waals surface area contributed by atoms with Gasteiger partial charge in [0.05, 0.1) is 5.02 Å². The molecule has 0 aliphatic heterocycles. The summed E-state index contributed by atoms with van der Waals surface area (Å²) in [6.45, 7) is 5.80. The second kappa shape index (κ2) is 7.69. The molecule has 0 bridgehead atoms. The Kier molecular flexibility index (Phi) is 5.92. The zero-order valence-corrected chi connectivity index (χ0v) is 13.8. The fourth-order valence-corrected chi connectivity index (χ4v) is 2.46. The van der Waals surface area contributed by atoms with Crippen LogP contribution >= 0.6 is 23.2 Å². The summed E-state index contributed by atoms with van der Waals surface area (Å²) < 4.78 is 5.95. The Morgan fingerprint density at radius 3 is 2.52 bits per heavy atom. The molecule has 0 aromatic heterocycles. The molecule has 0 aliphatic carbocycles. The van der Waals surface area contributed by atoms with Gasteiger partial charge in [-0.3, -0.25) is 0 Å². The number of hydrogen-bond acceptors (Lipinski definition) is 2. The van der Waals surface area contributed by atoms with Gasteiger partial charge >= 0.3 is 0 Å². The maximum atomic E-state index is 6.22. The van der Waals surface area contributed by atoms with Crippen molar-refractivity contribution in [2.24, 2.45) is 0 Å². The van der Waals surface area contributed by atoms with Crippen LogP contribution in [0.2, 0.25) is 10.0 Å². The number of rotatable bonds is 6. The molecule has 21 heavy (non-hydrogen) atoms. The van der Waals surface area contributed by atoms with E-state index in [1.54, 1.807) is 0 Å². The number of ether oxygens (including phenoxy) is 1. The van der Waals surface area contributed by atoms with Crippen molar-refractivity contribution < 1.29 is 4.74 Å². The van der Waals surface area contributed by atoms with Gasteiger partial charge in [0.2, 0.25) is 0 Å². The Hall–Kier alpha value is -1.22. The maximum absolute atomic E-state index is 6.22. The molecular weight excluding hydrogens is 305 g/mol. The molecule has 2 aromatic carbocycles. The van der Waals surface area contributed by atoms with Gasteiger partial charge in [0.25, 0.3) is 0 Å². The summed E-state index contributed by atoms with van der Waals surface area (Å²) in [7, 11) is 0. The first-order chi connectivity index (χ1) is 10.1. The molecule has 1 N–H and O–H groups in total. The number of nitrogens with one attached hydrogen (secondary N) is 1. The molecule has 112 valence electrons. The minimum atomic E-state index is 0.609. The summed E-state index contributed by atoms with van der Waals surface area (Å²) in [5.41, 5.74) is 2.13. The lowest BCUT2D eigenvalue weighted by Gasteiger charge is -2.13. The molecule has 0 aliphatic rings. The van der Waals surface area contributed by atoms with Gasteiger partial charge in [0.15, 0.2) is 0 Å². The van der Waals surface area contributed by atoms with Crippen molar-refractivity contribution in [1.82, 2.24) is 5.32 Å². The first-order valence-electron chi connectivity index (χ1n) is 7.03. The lowest BCUT2D eigenvalue weighted by molar-refractivity contribution is 0.473. The third-order valence-corrected chi connectivity index (χ3v) is 3.60. The molecule has 0 radical (unpaired) electrons. The number of aryl methyl sites for hydroxylation is 1. The minimum absolute atomic E-state index is 0.609. The lowest BCUT2D eigenvalue weighted by Crippen LogP contribution is -2.14. The second-order valence-electron chi connectivity index (χ2n) is 4.96. The monoisotopic (exact) mass is 323 g/mol. The topological polar surface area (TPSA) is 21.3 Å². The van der Waals surface area contributed by atoms with Crippen molar-refractivity contribution in [2.75, 3.05) is 6.54 Å². The van der Waals surface area contributed by atoms with Crippen molar-refractivity contribution in [3.8, 4) is 11.5 Å². The Labute approximate surface area is 136 Å². The second-order valence-corrected chi connectivity index (χ2v) is 5.81. The van der Waals surface area contributed by atoms with E-state index in [0.29, 0.717) is 22.3 Å². The van der Waals surface area contributed by atoms with E-state index in [0.717, 1.165) is 29.8 Å². The predicted octanol–water partition coefficient (Wildman–Crippen LogP) is 5.59. The van der Waals surface area contributed by atoms with E-state index < -0.39 is 0 Å². The Morgan fingerprint density at radius 2 is 1.81 bits per heavy atom. The third kappa shape index (κ3) is 4.63. The van der Waals surface area contributed by atoms with Gasteiger partial charge in [-0.2, -0.15) is 0 Å². The molecule has 0 saturated carbocycles. The van der Waals surface area contributed by atoms with Crippen LogP contribution in [-0.2, 0) is 6.54 Å². The van der Waals surface area contributed by atoms with Crippen LogP contribution in [0.5, 0.6) is 11.5 Å². The first kappa shape index (κ1) is 16.2. The third-order valence-electron chi connectivity index (χ3n) is 3.07. The van der Waals surface area contributed by atoms with Crippen LogP contribution in [0.4, 0.5) is 0 Å². The van der Waals surface area contributed by atoms with Crippen molar-refractivity contribution in [3.05, 3.63) is 57.6 Å². The summed E-state index contributed by atoms with van der Waals surface area (Å²) in [5.74, 6) is 1.43. The van der Waals surface area contributed by atoms with Crippen molar-refractivity contribution in [2.45, 2.75) is 26.8 Å². The summed E-state index contributed by atoms with van der Waals surface area (Å²) in [6.07, 6.45) is 1.08. The average Bonchev–Trinajstić information content (AvgIpc) is 2.44. The van der Waals surface area contributed by atoms with Crippen LogP contribution in [0.15, 0.2) is 36.4 Å². The normalized spacial score (nSPS) is 10.7. The van der Waals surface area contributed by atoms with E-state index in [-0.39, 0.29) is 0 Å². The number of halogens is 2. The largest absolute Gasteiger partial charge is 0.455 e. The highest BCUT2D eigenvalue weighted by Crippen LogP contribution is 2.33. The van der Waals surface area contributed by atoms with Gasteiger partial charge in [-0.05, 0) is 55.8 Å². The minimum Gasteiger partial charge on any atom is -0.455 e. The molecule has 4 heteroatoms. The molecular formula is C17H19Cl2NO. The van der Waals surface area contributed by atoms with Gasteiger partial charge in [-0.25, -0.2) is 0 Å².